The number of nitro benzene ring substituents is 1. The van der Waals surface area contributed by atoms with Crippen LogP contribution in [-0.4, -0.2) is 23.0 Å². The number of ether oxygens (including phenoxy) is 1. The Labute approximate surface area is 97.4 Å². The molecule has 2 aromatic rings. The highest BCUT2D eigenvalue weighted by molar-refractivity contribution is 5.81. The molecular weight excluding hydrogens is 224 g/mol. The highest BCUT2D eigenvalue weighted by Gasteiger charge is 2.05. The number of aromatic amines is 1. The fraction of sp³-hybridized carbons (Fsp3) is 0.182. The molecule has 0 bridgehead atoms. The number of carbonyl (C=O) groups excluding carboxylic acids is 1. The first-order valence-corrected chi connectivity index (χ1v) is 4.95. The van der Waals surface area contributed by atoms with Crippen molar-refractivity contribution in [3.8, 4) is 0 Å². The van der Waals surface area contributed by atoms with Crippen LogP contribution in [0.15, 0.2) is 30.5 Å². The summed E-state index contributed by atoms with van der Waals surface area (Å²) >= 11 is 0. The molecule has 1 aromatic carbocycles. The average molecular weight is 236 g/mol. The highest BCUT2D eigenvalue weighted by atomic mass is 16.6. The van der Waals surface area contributed by atoms with Gasteiger partial charge < -0.3 is 9.72 Å². The van der Waals surface area contributed by atoms with Crippen LogP contribution in [0.2, 0.25) is 0 Å². The van der Waals surface area contributed by atoms with Gasteiger partial charge in [0.05, 0.1) is 11.5 Å². The summed E-state index contributed by atoms with van der Waals surface area (Å²) in [7, 11) is 0. The van der Waals surface area contributed by atoms with Crippen LogP contribution in [0.25, 0.3) is 10.9 Å². The van der Waals surface area contributed by atoms with Crippen molar-refractivity contribution in [3.63, 3.8) is 0 Å². The number of hydrogen-bond donors (Lipinski definition) is 1. The number of benzene rings is 1. The molecule has 0 unspecified atom stereocenters. The van der Waals surface area contributed by atoms with Crippen LogP contribution >= 0.6 is 0 Å². The molecule has 6 heteroatoms. The summed E-state index contributed by atoms with van der Waals surface area (Å²) in [6.45, 7) is 2.66. The molecule has 0 radical (unpaired) electrons. The molecule has 1 heterocycles. The first-order chi connectivity index (χ1) is 8.19. The van der Waals surface area contributed by atoms with Crippen molar-refractivity contribution in [3.05, 3.63) is 40.6 Å². The summed E-state index contributed by atoms with van der Waals surface area (Å²) in [5.74, 6) is 0. The van der Waals surface area contributed by atoms with Gasteiger partial charge in [-0.15, -0.1) is 0 Å². The van der Waals surface area contributed by atoms with Gasteiger partial charge in [-0.2, -0.15) is 0 Å². The van der Waals surface area contributed by atoms with Crippen molar-refractivity contribution in [1.29, 1.82) is 0 Å². The van der Waals surface area contributed by atoms with E-state index in [1.54, 1.807) is 25.3 Å². The van der Waals surface area contributed by atoms with E-state index in [2.05, 4.69) is 9.72 Å². The van der Waals surface area contributed by atoms with E-state index >= 15 is 0 Å². The van der Waals surface area contributed by atoms with Gasteiger partial charge in [-0.25, -0.2) is 0 Å². The summed E-state index contributed by atoms with van der Waals surface area (Å²) in [6, 6.07) is 6.54. The molecular formula is C11H12N2O4. The Bertz CT molecular complexity index is 507. The van der Waals surface area contributed by atoms with Gasteiger partial charge in [0.25, 0.3) is 12.2 Å². The molecule has 0 spiro atoms. The van der Waals surface area contributed by atoms with E-state index in [9.17, 15) is 14.9 Å². The van der Waals surface area contributed by atoms with E-state index in [-0.39, 0.29) is 5.69 Å². The third-order valence-corrected chi connectivity index (χ3v) is 1.98. The number of hydrogen-bond acceptors (Lipinski definition) is 4. The Hall–Kier alpha value is -2.37. The minimum atomic E-state index is -0.396. The average Bonchev–Trinajstić information content (AvgIpc) is 2.77. The molecule has 90 valence electrons. The second-order valence-electron chi connectivity index (χ2n) is 3.06. The lowest BCUT2D eigenvalue weighted by Gasteiger charge is -1.90. The number of fused-ring (bicyclic) bond motifs is 1. The van der Waals surface area contributed by atoms with Gasteiger partial charge in [-0.05, 0) is 19.1 Å². The van der Waals surface area contributed by atoms with Crippen LogP contribution in [0.5, 0.6) is 0 Å². The molecule has 0 amide bonds. The van der Waals surface area contributed by atoms with Crippen LogP contribution in [0.1, 0.15) is 6.92 Å². The van der Waals surface area contributed by atoms with Crippen LogP contribution in [0.4, 0.5) is 5.69 Å². The van der Waals surface area contributed by atoms with Crippen molar-refractivity contribution < 1.29 is 14.5 Å². The summed E-state index contributed by atoms with van der Waals surface area (Å²) in [6.07, 6.45) is 1.76. The van der Waals surface area contributed by atoms with Crippen molar-refractivity contribution in [2.75, 3.05) is 6.61 Å². The lowest BCUT2D eigenvalue weighted by Crippen LogP contribution is -1.86. The van der Waals surface area contributed by atoms with E-state index in [1.807, 2.05) is 6.07 Å². The normalized spacial score (nSPS) is 9.24. The Balaban J connectivity index is 0.000000249. The number of H-pyrrole nitrogens is 1. The minimum Gasteiger partial charge on any atom is -0.468 e. The molecule has 0 aliphatic heterocycles. The van der Waals surface area contributed by atoms with Gasteiger partial charge in [0.15, 0.2) is 0 Å². The fourth-order valence-electron chi connectivity index (χ4n) is 1.22. The zero-order valence-corrected chi connectivity index (χ0v) is 9.25. The van der Waals surface area contributed by atoms with Gasteiger partial charge in [0.1, 0.15) is 0 Å². The van der Waals surface area contributed by atoms with Crippen molar-refractivity contribution in [2.45, 2.75) is 6.92 Å². The topological polar surface area (TPSA) is 85.2 Å². The molecule has 0 aliphatic rings. The SMILES string of the molecule is CCOC=O.O=[N+]([O-])c1ccc2[nH]ccc2c1. The zero-order valence-electron chi connectivity index (χ0n) is 9.25. The third kappa shape index (κ3) is 3.60. The largest absolute Gasteiger partial charge is 0.468 e. The van der Waals surface area contributed by atoms with Crippen LogP contribution in [0, 0.1) is 10.1 Å². The number of nitro groups is 1. The fourth-order valence-corrected chi connectivity index (χ4v) is 1.22. The van der Waals surface area contributed by atoms with E-state index < -0.39 is 4.92 Å². The molecule has 0 fully saturated rings. The lowest BCUT2D eigenvalue weighted by molar-refractivity contribution is -0.384. The summed E-state index contributed by atoms with van der Waals surface area (Å²) in [5.41, 5.74) is 1.04. The van der Waals surface area contributed by atoms with Crippen molar-refractivity contribution in [2.24, 2.45) is 0 Å². The molecule has 6 nitrogen and oxygen atoms in total. The number of nitrogens with one attached hydrogen (secondary N) is 1. The second-order valence-corrected chi connectivity index (χ2v) is 3.06. The van der Waals surface area contributed by atoms with E-state index in [1.165, 1.54) is 6.07 Å². The number of nitrogens with zero attached hydrogens (tertiary/aromatic N) is 1. The summed E-state index contributed by atoms with van der Waals surface area (Å²) in [5, 5.41) is 11.2. The van der Waals surface area contributed by atoms with Crippen LogP contribution in [-0.2, 0) is 9.53 Å². The Kier molecular flexibility index (Phi) is 4.68. The minimum absolute atomic E-state index is 0.127. The summed E-state index contributed by atoms with van der Waals surface area (Å²) < 4.78 is 4.15. The van der Waals surface area contributed by atoms with E-state index in [0.29, 0.717) is 13.1 Å². The number of non-ortho nitro benzene ring substituents is 1. The monoisotopic (exact) mass is 236 g/mol. The Morgan fingerprint density at radius 1 is 1.47 bits per heavy atom. The second kappa shape index (κ2) is 6.26. The predicted molar refractivity (Wildman–Crippen MR) is 62.6 cm³/mol. The quantitative estimate of drug-likeness (QED) is 0.503. The molecule has 0 aliphatic carbocycles. The van der Waals surface area contributed by atoms with Gasteiger partial charge in [-0.1, -0.05) is 0 Å². The standard InChI is InChI=1S/C8H6N2O2.C3H6O2/c11-10(12)7-1-2-8-6(5-7)3-4-9-8;1-2-5-3-4/h1-5,9H;3H,2H2,1H3. The maximum atomic E-state index is 10.4. The predicted octanol–water partition coefficient (Wildman–Crippen LogP) is 2.26. The van der Waals surface area contributed by atoms with Crippen LogP contribution in [0.3, 0.4) is 0 Å². The van der Waals surface area contributed by atoms with E-state index in [4.69, 9.17) is 0 Å². The van der Waals surface area contributed by atoms with Crippen molar-refractivity contribution in [1.82, 2.24) is 4.98 Å². The highest BCUT2D eigenvalue weighted by Crippen LogP contribution is 2.18. The van der Waals surface area contributed by atoms with Gasteiger partial charge in [-0.3, -0.25) is 14.9 Å². The molecule has 2 rings (SSSR count). The third-order valence-electron chi connectivity index (χ3n) is 1.98. The van der Waals surface area contributed by atoms with Gasteiger partial charge in [0.2, 0.25) is 0 Å². The van der Waals surface area contributed by atoms with Gasteiger partial charge in [0, 0.05) is 29.2 Å². The number of rotatable bonds is 3. The first kappa shape index (κ1) is 12.7. The molecule has 17 heavy (non-hydrogen) atoms. The van der Waals surface area contributed by atoms with Crippen molar-refractivity contribution >= 4 is 23.1 Å². The lowest BCUT2D eigenvalue weighted by atomic mass is 10.2. The summed E-state index contributed by atoms with van der Waals surface area (Å²) in [4.78, 5) is 22.1. The zero-order chi connectivity index (χ0) is 12.7. The maximum Gasteiger partial charge on any atom is 0.293 e. The van der Waals surface area contributed by atoms with Gasteiger partial charge >= 0.3 is 0 Å². The molecule has 0 atom stereocenters. The molecule has 0 saturated carbocycles. The molecule has 1 N–H and O–H groups in total. The molecule has 0 saturated heterocycles. The Morgan fingerprint density at radius 3 is 2.76 bits per heavy atom. The number of aromatic nitrogens is 1. The van der Waals surface area contributed by atoms with E-state index in [0.717, 1.165) is 10.9 Å². The number of carbonyl (C=O) groups is 1. The Morgan fingerprint density at radius 2 is 2.24 bits per heavy atom. The van der Waals surface area contributed by atoms with Crippen LogP contribution < -0.4 is 0 Å². The molecule has 1 aromatic heterocycles. The first-order valence-electron chi connectivity index (χ1n) is 4.95. The smallest absolute Gasteiger partial charge is 0.293 e. The maximum absolute atomic E-state index is 10.4.